The van der Waals surface area contributed by atoms with Crippen molar-refractivity contribution < 1.29 is 14.2 Å². The quantitative estimate of drug-likeness (QED) is 0.662. The molecule has 1 atom stereocenters. The number of benzene rings is 1. The molecule has 0 bridgehead atoms. The molecule has 0 aliphatic carbocycles. The predicted octanol–water partition coefficient (Wildman–Crippen LogP) is 2.77. The summed E-state index contributed by atoms with van der Waals surface area (Å²) in [6.07, 6.45) is 1.69. The lowest BCUT2D eigenvalue weighted by atomic mass is 10.1. The highest BCUT2D eigenvalue weighted by atomic mass is 79.9. The van der Waals surface area contributed by atoms with Crippen molar-refractivity contribution in [3.05, 3.63) is 28.2 Å². The van der Waals surface area contributed by atoms with Gasteiger partial charge in [-0.15, -0.1) is 0 Å². The fraction of sp³-hybridized carbons (Fsp3) is 0.600. The second-order valence-electron chi connectivity index (χ2n) is 4.74. The molecule has 1 unspecified atom stereocenters. The molecule has 0 saturated heterocycles. The van der Waals surface area contributed by atoms with E-state index in [1.165, 1.54) is 5.56 Å². The maximum Gasteiger partial charge on any atom is 0.119 e. The molecule has 4 nitrogen and oxygen atoms in total. The molecule has 0 spiro atoms. The smallest absolute Gasteiger partial charge is 0.119 e. The van der Waals surface area contributed by atoms with E-state index in [0.717, 1.165) is 23.1 Å². The molecule has 0 saturated carbocycles. The molecule has 5 heteroatoms. The van der Waals surface area contributed by atoms with E-state index in [2.05, 4.69) is 15.9 Å². The SMILES string of the molecule is COCCOCCCOc1ccc(Br)c(CC(C)N)c1. The Morgan fingerprint density at radius 1 is 1.20 bits per heavy atom. The Morgan fingerprint density at radius 3 is 2.70 bits per heavy atom. The Kier molecular flexibility index (Phi) is 8.85. The van der Waals surface area contributed by atoms with Crippen molar-refractivity contribution in [3.8, 4) is 5.75 Å². The molecule has 0 amide bonds. The molecule has 1 aromatic rings. The first kappa shape index (κ1) is 17.4. The summed E-state index contributed by atoms with van der Waals surface area (Å²) in [5.41, 5.74) is 7.01. The number of methoxy groups -OCH3 is 1. The van der Waals surface area contributed by atoms with Gasteiger partial charge in [0.2, 0.25) is 0 Å². The van der Waals surface area contributed by atoms with Gasteiger partial charge in [0, 0.05) is 30.7 Å². The lowest BCUT2D eigenvalue weighted by molar-refractivity contribution is 0.0644. The van der Waals surface area contributed by atoms with Gasteiger partial charge in [-0.3, -0.25) is 0 Å². The Balaban J connectivity index is 2.29. The van der Waals surface area contributed by atoms with E-state index in [-0.39, 0.29) is 6.04 Å². The average Bonchev–Trinajstić information content (AvgIpc) is 2.40. The summed E-state index contributed by atoms with van der Waals surface area (Å²) in [5, 5.41) is 0. The first-order valence-electron chi connectivity index (χ1n) is 6.87. The summed E-state index contributed by atoms with van der Waals surface area (Å²) in [6.45, 7) is 4.59. The van der Waals surface area contributed by atoms with Crippen LogP contribution in [0.2, 0.25) is 0 Å². The van der Waals surface area contributed by atoms with Crippen LogP contribution in [0, 0.1) is 0 Å². The largest absolute Gasteiger partial charge is 0.493 e. The standard InChI is InChI=1S/C15H24BrNO3/c1-12(17)10-13-11-14(4-5-15(13)16)20-7-3-6-19-9-8-18-2/h4-5,11-12H,3,6-10,17H2,1-2H3. The van der Waals surface area contributed by atoms with Crippen LogP contribution in [0.5, 0.6) is 5.75 Å². The van der Waals surface area contributed by atoms with E-state index in [1.807, 2.05) is 25.1 Å². The van der Waals surface area contributed by atoms with Crippen LogP contribution in [0.3, 0.4) is 0 Å². The van der Waals surface area contributed by atoms with E-state index < -0.39 is 0 Å². The highest BCUT2D eigenvalue weighted by molar-refractivity contribution is 9.10. The molecule has 0 aliphatic heterocycles. The van der Waals surface area contributed by atoms with Gasteiger partial charge in [0.25, 0.3) is 0 Å². The lowest BCUT2D eigenvalue weighted by Gasteiger charge is -2.11. The van der Waals surface area contributed by atoms with E-state index in [4.69, 9.17) is 19.9 Å². The molecule has 20 heavy (non-hydrogen) atoms. The van der Waals surface area contributed by atoms with Crippen molar-refractivity contribution in [3.63, 3.8) is 0 Å². The summed E-state index contributed by atoms with van der Waals surface area (Å²) in [6, 6.07) is 6.14. The Morgan fingerprint density at radius 2 is 2.00 bits per heavy atom. The highest BCUT2D eigenvalue weighted by Gasteiger charge is 2.05. The van der Waals surface area contributed by atoms with E-state index in [0.29, 0.717) is 26.4 Å². The average molecular weight is 346 g/mol. The van der Waals surface area contributed by atoms with Crippen LogP contribution in [0.4, 0.5) is 0 Å². The predicted molar refractivity (Wildman–Crippen MR) is 84.3 cm³/mol. The summed E-state index contributed by atoms with van der Waals surface area (Å²) in [7, 11) is 1.67. The summed E-state index contributed by atoms with van der Waals surface area (Å²) in [5.74, 6) is 0.876. The van der Waals surface area contributed by atoms with Gasteiger partial charge < -0.3 is 19.9 Å². The van der Waals surface area contributed by atoms with Gasteiger partial charge in [0.1, 0.15) is 5.75 Å². The fourth-order valence-electron chi connectivity index (χ4n) is 1.74. The van der Waals surface area contributed by atoms with Crippen LogP contribution in [0.15, 0.2) is 22.7 Å². The third kappa shape index (κ3) is 7.24. The molecule has 114 valence electrons. The van der Waals surface area contributed by atoms with Crippen molar-refractivity contribution in [2.75, 3.05) is 33.5 Å². The van der Waals surface area contributed by atoms with E-state index >= 15 is 0 Å². The molecule has 1 rings (SSSR count). The van der Waals surface area contributed by atoms with Crippen molar-refractivity contribution in [1.82, 2.24) is 0 Å². The van der Waals surface area contributed by atoms with E-state index in [9.17, 15) is 0 Å². The van der Waals surface area contributed by atoms with Crippen LogP contribution in [-0.2, 0) is 15.9 Å². The van der Waals surface area contributed by atoms with Gasteiger partial charge >= 0.3 is 0 Å². The van der Waals surface area contributed by atoms with Crippen molar-refractivity contribution in [2.24, 2.45) is 5.73 Å². The van der Waals surface area contributed by atoms with Gasteiger partial charge in [-0.25, -0.2) is 0 Å². The minimum atomic E-state index is 0.135. The zero-order valence-electron chi connectivity index (χ0n) is 12.2. The number of hydrogen-bond donors (Lipinski definition) is 1. The van der Waals surface area contributed by atoms with Crippen LogP contribution < -0.4 is 10.5 Å². The molecule has 1 aromatic carbocycles. The number of hydrogen-bond acceptors (Lipinski definition) is 4. The minimum absolute atomic E-state index is 0.135. The molecule has 0 aliphatic rings. The second-order valence-corrected chi connectivity index (χ2v) is 5.60. The van der Waals surface area contributed by atoms with E-state index in [1.54, 1.807) is 7.11 Å². The monoisotopic (exact) mass is 345 g/mol. The van der Waals surface area contributed by atoms with Crippen molar-refractivity contribution in [2.45, 2.75) is 25.8 Å². The van der Waals surface area contributed by atoms with Gasteiger partial charge in [-0.1, -0.05) is 15.9 Å². The zero-order chi connectivity index (χ0) is 14.8. The fourth-order valence-corrected chi connectivity index (χ4v) is 2.15. The molecular weight excluding hydrogens is 322 g/mol. The molecule has 0 heterocycles. The third-order valence-electron chi connectivity index (χ3n) is 2.69. The third-order valence-corrected chi connectivity index (χ3v) is 3.47. The van der Waals surface area contributed by atoms with Gasteiger partial charge in [0.05, 0.1) is 19.8 Å². The van der Waals surface area contributed by atoms with Crippen LogP contribution in [-0.4, -0.2) is 39.6 Å². The highest BCUT2D eigenvalue weighted by Crippen LogP contribution is 2.23. The first-order valence-corrected chi connectivity index (χ1v) is 7.66. The Hall–Kier alpha value is -0.620. The van der Waals surface area contributed by atoms with Gasteiger partial charge in [-0.2, -0.15) is 0 Å². The Labute approximate surface area is 129 Å². The molecule has 2 N–H and O–H groups in total. The van der Waals surface area contributed by atoms with Gasteiger partial charge in [-0.05, 0) is 37.1 Å². The summed E-state index contributed by atoms with van der Waals surface area (Å²) >= 11 is 3.53. The maximum absolute atomic E-state index is 5.83. The second kappa shape index (κ2) is 10.2. The number of nitrogens with two attached hydrogens (primary N) is 1. The number of ether oxygens (including phenoxy) is 3. The number of rotatable bonds is 10. The van der Waals surface area contributed by atoms with Crippen molar-refractivity contribution in [1.29, 1.82) is 0 Å². The molecular formula is C15H24BrNO3. The summed E-state index contributed by atoms with van der Waals surface area (Å²) < 4.78 is 17.1. The van der Waals surface area contributed by atoms with Gasteiger partial charge in [0.15, 0.2) is 0 Å². The van der Waals surface area contributed by atoms with Crippen LogP contribution >= 0.6 is 15.9 Å². The number of halogens is 1. The van der Waals surface area contributed by atoms with Crippen LogP contribution in [0.1, 0.15) is 18.9 Å². The zero-order valence-corrected chi connectivity index (χ0v) is 13.8. The normalized spacial score (nSPS) is 12.4. The lowest BCUT2D eigenvalue weighted by Crippen LogP contribution is -2.18. The Bertz CT molecular complexity index is 385. The van der Waals surface area contributed by atoms with Crippen LogP contribution in [0.25, 0.3) is 0 Å². The molecule has 0 radical (unpaired) electrons. The van der Waals surface area contributed by atoms with Crippen molar-refractivity contribution >= 4 is 15.9 Å². The topological polar surface area (TPSA) is 53.7 Å². The minimum Gasteiger partial charge on any atom is -0.493 e. The summed E-state index contributed by atoms with van der Waals surface area (Å²) in [4.78, 5) is 0. The molecule has 0 aromatic heterocycles. The first-order chi connectivity index (χ1) is 9.63. The maximum atomic E-state index is 5.83. The molecule has 0 fully saturated rings.